The monoisotopic (exact) mass is 308 g/mol. The van der Waals surface area contributed by atoms with Crippen LogP contribution in [-0.2, 0) is 12.8 Å². The van der Waals surface area contributed by atoms with Crippen LogP contribution >= 0.6 is 0 Å². The molecule has 1 aromatic rings. The van der Waals surface area contributed by atoms with E-state index in [1.807, 2.05) is 0 Å². The van der Waals surface area contributed by atoms with Gasteiger partial charge in [0, 0.05) is 0 Å². The Morgan fingerprint density at radius 2 is 1.55 bits per heavy atom. The molecule has 3 N–H and O–H groups in total. The maximum Gasteiger partial charge on any atom is 0.339 e. The van der Waals surface area contributed by atoms with Gasteiger partial charge in [-0.25, -0.2) is 4.79 Å². The van der Waals surface area contributed by atoms with E-state index in [0.29, 0.717) is 12.0 Å². The lowest BCUT2D eigenvalue weighted by atomic mass is 9.91. The van der Waals surface area contributed by atoms with E-state index in [1.165, 1.54) is 6.07 Å². The Bertz CT molecular complexity index is 494. The summed E-state index contributed by atoms with van der Waals surface area (Å²) in [6.45, 7) is 4.24. The molecule has 0 spiro atoms. The number of rotatable bonds is 10. The van der Waals surface area contributed by atoms with E-state index in [4.69, 9.17) is 0 Å². The quantitative estimate of drug-likeness (QED) is 0.434. The van der Waals surface area contributed by atoms with E-state index in [-0.39, 0.29) is 11.3 Å². The second kappa shape index (κ2) is 9.34. The third-order valence-electron chi connectivity index (χ3n) is 4.02. The van der Waals surface area contributed by atoms with Crippen molar-refractivity contribution < 1.29 is 20.1 Å². The molecule has 0 unspecified atom stereocenters. The first kappa shape index (κ1) is 18.3. The Hall–Kier alpha value is -1.71. The van der Waals surface area contributed by atoms with Gasteiger partial charge in [-0.3, -0.25) is 0 Å². The molecule has 0 aliphatic rings. The van der Waals surface area contributed by atoms with Crippen LogP contribution in [-0.4, -0.2) is 21.3 Å². The Kier molecular flexibility index (Phi) is 7.78. The molecular weight excluding hydrogens is 280 g/mol. The number of hydrogen-bond acceptors (Lipinski definition) is 3. The van der Waals surface area contributed by atoms with Gasteiger partial charge in [-0.2, -0.15) is 0 Å². The van der Waals surface area contributed by atoms with E-state index >= 15 is 0 Å². The number of carboxylic acid groups (broad SMARTS) is 1. The highest BCUT2D eigenvalue weighted by Gasteiger charge is 2.22. The fourth-order valence-corrected chi connectivity index (χ4v) is 2.79. The number of benzene rings is 1. The number of carbonyl (C=O) groups is 1. The van der Waals surface area contributed by atoms with Crippen LogP contribution in [0.4, 0.5) is 0 Å². The van der Waals surface area contributed by atoms with E-state index in [2.05, 4.69) is 13.8 Å². The van der Waals surface area contributed by atoms with Gasteiger partial charge in [-0.15, -0.1) is 0 Å². The SMILES string of the molecule is CCCCCCc1cc(O)c(O)c(C(=O)O)c1CCCCC. The first-order valence-electron chi connectivity index (χ1n) is 8.32. The van der Waals surface area contributed by atoms with Crippen LogP contribution in [0.1, 0.15) is 80.3 Å². The first-order chi connectivity index (χ1) is 10.5. The van der Waals surface area contributed by atoms with Gasteiger partial charge in [-0.05, 0) is 42.9 Å². The summed E-state index contributed by atoms with van der Waals surface area (Å²) in [4.78, 5) is 11.5. The van der Waals surface area contributed by atoms with Crippen molar-refractivity contribution in [3.8, 4) is 11.5 Å². The summed E-state index contributed by atoms with van der Waals surface area (Å²) in [5, 5.41) is 29.1. The lowest BCUT2D eigenvalue weighted by Crippen LogP contribution is -2.07. The average molecular weight is 308 g/mol. The molecule has 4 nitrogen and oxygen atoms in total. The molecule has 0 aromatic heterocycles. The summed E-state index contributed by atoms with van der Waals surface area (Å²) in [6, 6.07) is 1.54. The van der Waals surface area contributed by atoms with Crippen molar-refractivity contribution in [2.24, 2.45) is 0 Å². The number of aryl methyl sites for hydroxylation is 1. The van der Waals surface area contributed by atoms with Gasteiger partial charge >= 0.3 is 5.97 Å². The van der Waals surface area contributed by atoms with Crippen LogP contribution in [0.2, 0.25) is 0 Å². The lowest BCUT2D eigenvalue weighted by molar-refractivity contribution is 0.0691. The molecule has 4 heteroatoms. The summed E-state index contributed by atoms with van der Waals surface area (Å²) in [5.41, 5.74) is 1.43. The number of unbranched alkanes of at least 4 members (excludes halogenated alkanes) is 5. The Balaban J connectivity index is 3.07. The molecule has 124 valence electrons. The molecule has 1 aromatic carbocycles. The summed E-state index contributed by atoms with van der Waals surface area (Å²) in [7, 11) is 0. The van der Waals surface area contributed by atoms with Crippen molar-refractivity contribution in [3.05, 3.63) is 22.8 Å². The molecule has 0 bridgehead atoms. The van der Waals surface area contributed by atoms with Gasteiger partial charge in [-0.1, -0.05) is 46.0 Å². The second-order valence-corrected chi connectivity index (χ2v) is 5.83. The summed E-state index contributed by atoms with van der Waals surface area (Å²) in [5.74, 6) is -2.01. The summed E-state index contributed by atoms with van der Waals surface area (Å²) in [6.07, 6.45) is 8.71. The number of aromatic carboxylic acids is 1. The fourth-order valence-electron chi connectivity index (χ4n) is 2.79. The van der Waals surface area contributed by atoms with Crippen LogP contribution in [0, 0.1) is 0 Å². The number of aromatic hydroxyl groups is 2. The smallest absolute Gasteiger partial charge is 0.339 e. The maximum atomic E-state index is 11.5. The van der Waals surface area contributed by atoms with Crippen molar-refractivity contribution in [1.82, 2.24) is 0 Å². The zero-order chi connectivity index (χ0) is 16.5. The molecule has 0 saturated carbocycles. The van der Waals surface area contributed by atoms with Crippen molar-refractivity contribution in [2.45, 2.75) is 71.6 Å². The fraction of sp³-hybridized carbons (Fsp3) is 0.611. The molecule has 22 heavy (non-hydrogen) atoms. The van der Waals surface area contributed by atoms with Crippen molar-refractivity contribution in [3.63, 3.8) is 0 Å². The molecular formula is C18H28O4. The normalized spacial score (nSPS) is 10.8. The molecule has 1 rings (SSSR count). The molecule has 0 fully saturated rings. The van der Waals surface area contributed by atoms with Crippen molar-refractivity contribution in [1.29, 1.82) is 0 Å². The van der Waals surface area contributed by atoms with Crippen molar-refractivity contribution >= 4 is 5.97 Å². The highest BCUT2D eigenvalue weighted by atomic mass is 16.4. The van der Waals surface area contributed by atoms with Crippen LogP contribution in [0.5, 0.6) is 11.5 Å². The summed E-state index contributed by atoms with van der Waals surface area (Å²) < 4.78 is 0. The molecule has 0 atom stereocenters. The lowest BCUT2D eigenvalue weighted by Gasteiger charge is -2.15. The largest absolute Gasteiger partial charge is 0.504 e. The molecule has 0 heterocycles. The molecule has 0 radical (unpaired) electrons. The van der Waals surface area contributed by atoms with Crippen LogP contribution < -0.4 is 0 Å². The maximum absolute atomic E-state index is 11.5. The van der Waals surface area contributed by atoms with Gasteiger partial charge in [0.1, 0.15) is 5.56 Å². The van der Waals surface area contributed by atoms with Crippen LogP contribution in [0.3, 0.4) is 0 Å². The van der Waals surface area contributed by atoms with Crippen LogP contribution in [0.15, 0.2) is 6.07 Å². The summed E-state index contributed by atoms with van der Waals surface area (Å²) >= 11 is 0. The number of phenols is 2. The highest BCUT2D eigenvalue weighted by Crippen LogP contribution is 2.36. The molecule has 0 aliphatic heterocycles. The van der Waals surface area contributed by atoms with E-state index in [1.54, 1.807) is 0 Å². The van der Waals surface area contributed by atoms with Gasteiger partial charge in [0.25, 0.3) is 0 Å². The average Bonchev–Trinajstić information content (AvgIpc) is 2.47. The number of carboxylic acids is 1. The van der Waals surface area contributed by atoms with Crippen LogP contribution in [0.25, 0.3) is 0 Å². The standard InChI is InChI=1S/C18H28O4/c1-3-5-7-9-10-13-12-15(19)17(20)16(18(21)22)14(13)11-8-6-4-2/h12,19-20H,3-11H2,1-2H3,(H,21,22). The van der Waals surface area contributed by atoms with Gasteiger partial charge in [0.15, 0.2) is 11.5 Å². The zero-order valence-corrected chi connectivity index (χ0v) is 13.7. The third kappa shape index (κ3) is 4.93. The predicted molar refractivity (Wildman–Crippen MR) is 87.8 cm³/mol. The number of hydrogen-bond donors (Lipinski definition) is 3. The third-order valence-corrected chi connectivity index (χ3v) is 4.02. The van der Waals surface area contributed by atoms with Gasteiger partial charge < -0.3 is 15.3 Å². The van der Waals surface area contributed by atoms with E-state index in [9.17, 15) is 20.1 Å². The van der Waals surface area contributed by atoms with Gasteiger partial charge in [0.05, 0.1) is 0 Å². The first-order valence-corrected chi connectivity index (χ1v) is 8.32. The minimum absolute atomic E-state index is 0.124. The minimum Gasteiger partial charge on any atom is -0.504 e. The van der Waals surface area contributed by atoms with Crippen molar-refractivity contribution in [2.75, 3.05) is 0 Å². The zero-order valence-electron chi connectivity index (χ0n) is 13.7. The van der Waals surface area contributed by atoms with E-state index < -0.39 is 11.7 Å². The topological polar surface area (TPSA) is 77.8 Å². The Morgan fingerprint density at radius 1 is 0.955 bits per heavy atom. The second-order valence-electron chi connectivity index (χ2n) is 5.83. The minimum atomic E-state index is -1.17. The highest BCUT2D eigenvalue weighted by molar-refractivity contribution is 5.94. The molecule has 0 saturated heterocycles. The Labute approximate surface area is 132 Å². The number of phenolic OH excluding ortho intramolecular Hbond substituents is 1. The Morgan fingerprint density at radius 3 is 2.14 bits per heavy atom. The van der Waals surface area contributed by atoms with Gasteiger partial charge in [0.2, 0.25) is 0 Å². The predicted octanol–water partition coefficient (Wildman–Crippen LogP) is 4.65. The molecule has 0 amide bonds. The van der Waals surface area contributed by atoms with E-state index in [0.717, 1.165) is 56.9 Å². The molecule has 0 aliphatic carbocycles.